The van der Waals surface area contributed by atoms with E-state index in [-0.39, 0.29) is 24.4 Å². The van der Waals surface area contributed by atoms with Gasteiger partial charge in [0, 0.05) is 10.9 Å². The topological polar surface area (TPSA) is 83.9 Å². The van der Waals surface area contributed by atoms with Crippen LogP contribution in [0.3, 0.4) is 0 Å². The lowest BCUT2D eigenvalue weighted by Gasteiger charge is -2.24. The van der Waals surface area contributed by atoms with Crippen LogP contribution in [-0.2, 0) is 25.7 Å². The average molecular weight is 472 g/mol. The van der Waals surface area contributed by atoms with E-state index in [4.69, 9.17) is 4.74 Å². The second kappa shape index (κ2) is 8.93. The Balaban J connectivity index is 2.23. The van der Waals surface area contributed by atoms with Crippen molar-refractivity contribution >= 4 is 39.3 Å². The van der Waals surface area contributed by atoms with Crippen LogP contribution in [0.5, 0.6) is 0 Å². The van der Waals surface area contributed by atoms with E-state index in [1.165, 1.54) is 11.8 Å². The molecule has 0 aliphatic carbocycles. The summed E-state index contributed by atoms with van der Waals surface area (Å²) in [5.74, 6) is -1.95. The van der Waals surface area contributed by atoms with Crippen LogP contribution in [0.2, 0.25) is 0 Å². The lowest BCUT2D eigenvalue weighted by atomic mass is 9.88. The molecule has 1 atom stereocenters. The molecule has 0 aromatic heterocycles. The number of rotatable bonds is 7. The fourth-order valence-corrected chi connectivity index (χ4v) is 3.84. The van der Waals surface area contributed by atoms with Gasteiger partial charge in [0.15, 0.2) is 5.60 Å². The zero-order chi connectivity index (χ0) is 21.9. The number of carbonyl (C=O) groups excluding carboxylic acids is 3. The Hall–Kier alpha value is -2.77. The Bertz CT molecular complexity index is 1000. The summed E-state index contributed by atoms with van der Waals surface area (Å²) in [6.07, 6.45) is -0.509. The first kappa shape index (κ1) is 21.9. The highest BCUT2D eigenvalue weighted by Gasteiger charge is 2.55. The highest BCUT2D eigenvalue weighted by Crippen LogP contribution is 2.42. The molecule has 2 aromatic rings. The molecule has 0 radical (unpaired) electrons. The fraction of sp³-hybridized carbons (Fsp3) is 0.261. The fourth-order valence-electron chi connectivity index (χ4n) is 3.58. The normalized spacial score (nSPS) is 18.7. The molecule has 30 heavy (non-hydrogen) atoms. The van der Waals surface area contributed by atoms with Crippen LogP contribution in [-0.4, -0.2) is 39.9 Å². The summed E-state index contributed by atoms with van der Waals surface area (Å²) in [4.78, 5) is 39.6. The first-order valence-electron chi connectivity index (χ1n) is 9.53. The lowest BCUT2D eigenvalue weighted by Crippen LogP contribution is -2.45. The van der Waals surface area contributed by atoms with Gasteiger partial charge in [-0.25, -0.2) is 4.79 Å². The third kappa shape index (κ3) is 4.22. The van der Waals surface area contributed by atoms with Gasteiger partial charge in [-0.05, 0) is 37.1 Å². The Labute approximate surface area is 183 Å². The van der Waals surface area contributed by atoms with Gasteiger partial charge in [0.2, 0.25) is 0 Å². The van der Waals surface area contributed by atoms with Crippen molar-refractivity contribution in [3.63, 3.8) is 0 Å². The van der Waals surface area contributed by atoms with Gasteiger partial charge in [-0.15, -0.1) is 0 Å². The second-order valence-electron chi connectivity index (χ2n) is 7.07. The number of Topliss-reactive ketones (excluding diaryl/α,β-unsaturated/α-hetero) is 1. The van der Waals surface area contributed by atoms with Gasteiger partial charge in [-0.2, -0.15) is 0 Å². The molecule has 7 heteroatoms. The van der Waals surface area contributed by atoms with E-state index < -0.39 is 29.7 Å². The summed E-state index contributed by atoms with van der Waals surface area (Å²) in [7, 11) is 0. The number of carbonyl (C=O) groups is 3. The molecule has 6 nitrogen and oxygen atoms in total. The van der Waals surface area contributed by atoms with Crippen LogP contribution in [0, 0.1) is 0 Å². The van der Waals surface area contributed by atoms with E-state index in [9.17, 15) is 19.5 Å². The van der Waals surface area contributed by atoms with Crippen molar-refractivity contribution in [1.29, 1.82) is 0 Å². The predicted molar refractivity (Wildman–Crippen MR) is 115 cm³/mol. The average Bonchev–Trinajstić information content (AvgIpc) is 2.90. The van der Waals surface area contributed by atoms with E-state index in [0.717, 1.165) is 10.0 Å². The van der Waals surface area contributed by atoms with Gasteiger partial charge in [0.1, 0.15) is 11.4 Å². The molecule has 1 heterocycles. The third-order valence-corrected chi connectivity index (χ3v) is 5.33. The summed E-state index contributed by atoms with van der Waals surface area (Å²) in [5.41, 5.74) is -0.864. The van der Waals surface area contributed by atoms with Crippen molar-refractivity contribution in [3.05, 3.63) is 75.8 Å². The maximum Gasteiger partial charge on any atom is 0.339 e. The molecule has 2 aromatic carbocycles. The van der Waals surface area contributed by atoms with Gasteiger partial charge < -0.3 is 14.7 Å². The van der Waals surface area contributed by atoms with Crippen molar-refractivity contribution in [1.82, 2.24) is 4.90 Å². The molecule has 1 amide bonds. The minimum absolute atomic E-state index is 0.0684. The molecule has 1 unspecified atom stereocenters. The summed E-state index contributed by atoms with van der Waals surface area (Å²) < 4.78 is 5.99. The highest BCUT2D eigenvalue weighted by atomic mass is 79.9. The second-order valence-corrected chi connectivity index (χ2v) is 7.98. The van der Waals surface area contributed by atoms with E-state index >= 15 is 0 Å². The number of hydrogen-bond donors (Lipinski definition) is 1. The molecule has 1 N–H and O–H groups in total. The largest absolute Gasteiger partial charge is 0.462 e. The number of ether oxygens (including phenoxy) is 1. The van der Waals surface area contributed by atoms with E-state index in [2.05, 4.69) is 15.9 Å². The van der Waals surface area contributed by atoms with Gasteiger partial charge in [0.25, 0.3) is 5.91 Å². The molecule has 0 saturated carbocycles. The van der Waals surface area contributed by atoms with Crippen LogP contribution in [0.25, 0.3) is 5.70 Å². The van der Waals surface area contributed by atoms with Gasteiger partial charge in [-0.3, -0.25) is 9.59 Å². The number of aliphatic hydroxyl groups is 1. The Morgan fingerprint density at radius 2 is 1.73 bits per heavy atom. The van der Waals surface area contributed by atoms with E-state index in [0.29, 0.717) is 5.56 Å². The smallest absolute Gasteiger partial charge is 0.339 e. The summed E-state index contributed by atoms with van der Waals surface area (Å²) >= 11 is 3.38. The quantitative estimate of drug-likeness (QED) is 0.624. The van der Waals surface area contributed by atoms with E-state index in [1.54, 1.807) is 31.2 Å². The number of amides is 1. The molecule has 1 aliphatic rings. The number of esters is 1. The number of benzene rings is 2. The van der Waals surface area contributed by atoms with Crippen molar-refractivity contribution in [2.75, 3.05) is 6.61 Å². The molecular formula is C23H22BrNO5. The van der Waals surface area contributed by atoms with Gasteiger partial charge >= 0.3 is 5.97 Å². The Morgan fingerprint density at radius 1 is 1.10 bits per heavy atom. The van der Waals surface area contributed by atoms with Crippen molar-refractivity contribution in [3.8, 4) is 0 Å². The minimum Gasteiger partial charge on any atom is -0.462 e. The van der Waals surface area contributed by atoms with Gasteiger partial charge in [0.05, 0.1) is 18.8 Å². The number of halogens is 1. The molecule has 1 aliphatic heterocycles. The molecule has 3 rings (SSSR count). The van der Waals surface area contributed by atoms with Crippen molar-refractivity contribution in [2.24, 2.45) is 0 Å². The first-order valence-corrected chi connectivity index (χ1v) is 10.3. The Morgan fingerprint density at radius 3 is 2.30 bits per heavy atom. The van der Waals surface area contributed by atoms with Crippen LogP contribution in [0.15, 0.2) is 64.6 Å². The summed E-state index contributed by atoms with van der Waals surface area (Å²) in [5, 5.41) is 11.3. The maximum absolute atomic E-state index is 13.4. The van der Waals surface area contributed by atoms with Crippen molar-refractivity contribution < 1.29 is 24.2 Å². The third-order valence-electron chi connectivity index (χ3n) is 4.80. The van der Waals surface area contributed by atoms with Gasteiger partial charge in [-0.1, -0.05) is 58.4 Å². The molecule has 0 bridgehead atoms. The molecule has 156 valence electrons. The molecular weight excluding hydrogens is 450 g/mol. The van der Waals surface area contributed by atoms with Crippen molar-refractivity contribution in [2.45, 2.75) is 32.4 Å². The summed E-state index contributed by atoms with van der Waals surface area (Å²) in [6, 6.07) is 16.3. The van der Waals surface area contributed by atoms with Crippen LogP contribution < -0.4 is 0 Å². The number of nitrogens with zero attached hydrogens (tertiary/aromatic N) is 1. The number of hydrogen-bond acceptors (Lipinski definition) is 5. The Kier molecular flexibility index (Phi) is 6.53. The first-order chi connectivity index (χ1) is 14.3. The monoisotopic (exact) mass is 471 g/mol. The standard InChI is InChI=1S/C23H22BrNO5/c1-3-30-21(27)19-20(17-9-11-18(24)12-10-17)25(14-16-7-5-4-6-8-16)22(28)23(19,29)13-15(2)26/h4-12,29H,3,13-14H2,1-2H3. The predicted octanol–water partition coefficient (Wildman–Crippen LogP) is 3.48. The van der Waals surface area contributed by atoms with E-state index in [1.807, 2.05) is 30.3 Å². The lowest BCUT2D eigenvalue weighted by molar-refractivity contribution is -0.150. The number of ketones is 1. The maximum atomic E-state index is 13.4. The molecule has 0 fully saturated rings. The molecule has 0 spiro atoms. The van der Waals surface area contributed by atoms with Crippen LogP contribution >= 0.6 is 15.9 Å². The summed E-state index contributed by atoms with van der Waals surface area (Å²) in [6.45, 7) is 3.11. The van der Waals surface area contributed by atoms with Crippen LogP contribution in [0.4, 0.5) is 0 Å². The van der Waals surface area contributed by atoms with Crippen LogP contribution in [0.1, 0.15) is 31.4 Å². The minimum atomic E-state index is -2.28. The zero-order valence-electron chi connectivity index (χ0n) is 16.7. The zero-order valence-corrected chi connectivity index (χ0v) is 18.3. The molecule has 0 saturated heterocycles. The SMILES string of the molecule is CCOC(=O)C1=C(c2ccc(Br)cc2)N(Cc2ccccc2)C(=O)C1(O)CC(C)=O. The highest BCUT2D eigenvalue weighted by molar-refractivity contribution is 9.10.